The van der Waals surface area contributed by atoms with E-state index in [0.717, 1.165) is 25.9 Å². The topological polar surface area (TPSA) is 51.0 Å². The average molecular weight is 222 g/mol. The van der Waals surface area contributed by atoms with Crippen LogP contribution in [0.5, 0.6) is 0 Å². The van der Waals surface area contributed by atoms with Gasteiger partial charge in [0.25, 0.3) is 0 Å². The molecule has 2 rings (SSSR count). The summed E-state index contributed by atoms with van der Waals surface area (Å²) >= 11 is 0. The molecule has 0 N–H and O–H groups in total. The van der Waals surface area contributed by atoms with Gasteiger partial charge in [-0.15, -0.1) is 0 Å². The highest BCUT2D eigenvalue weighted by molar-refractivity contribution is 5.76. The number of aryl methyl sites for hydroxylation is 1. The van der Waals surface area contributed by atoms with Gasteiger partial charge in [-0.25, -0.2) is 4.98 Å². The molecule has 1 fully saturated rings. The summed E-state index contributed by atoms with van der Waals surface area (Å²) in [5, 5.41) is 3.99. The van der Waals surface area contributed by atoms with Crippen LogP contribution in [-0.2, 0) is 11.3 Å². The summed E-state index contributed by atoms with van der Waals surface area (Å²) < 4.78 is 1.70. The van der Waals surface area contributed by atoms with Gasteiger partial charge in [-0.1, -0.05) is 12.8 Å². The van der Waals surface area contributed by atoms with Crippen LogP contribution in [0.4, 0.5) is 0 Å². The number of nitrogens with zero attached hydrogens (tertiary/aromatic N) is 4. The van der Waals surface area contributed by atoms with Crippen molar-refractivity contribution in [2.45, 2.75) is 38.6 Å². The van der Waals surface area contributed by atoms with Gasteiger partial charge in [-0.3, -0.25) is 9.48 Å². The molecular formula is C11H18N4O. The Kier molecular flexibility index (Phi) is 3.91. The van der Waals surface area contributed by atoms with Crippen molar-refractivity contribution in [2.75, 3.05) is 13.1 Å². The minimum absolute atomic E-state index is 0.248. The van der Waals surface area contributed by atoms with Crippen LogP contribution in [0, 0.1) is 0 Å². The molecule has 88 valence electrons. The first-order valence-electron chi connectivity index (χ1n) is 5.96. The predicted molar refractivity (Wildman–Crippen MR) is 59.7 cm³/mol. The second-order valence-electron chi connectivity index (χ2n) is 4.20. The molecule has 0 atom stereocenters. The SMILES string of the molecule is O=C(CCn1cncn1)N1CCCCCC1. The lowest BCUT2D eigenvalue weighted by molar-refractivity contribution is -0.131. The fourth-order valence-corrected chi connectivity index (χ4v) is 2.04. The Labute approximate surface area is 95.5 Å². The maximum atomic E-state index is 11.9. The van der Waals surface area contributed by atoms with Crippen molar-refractivity contribution in [1.82, 2.24) is 19.7 Å². The van der Waals surface area contributed by atoms with Crippen LogP contribution in [0.15, 0.2) is 12.7 Å². The standard InChI is InChI=1S/C11H18N4O/c16-11(5-8-15-10-12-9-13-15)14-6-3-1-2-4-7-14/h9-10H,1-8H2. The number of hydrogen-bond acceptors (Lipinski definition) is 3. The van der Waals surface area contributed by atoms with E-state index in [1.54, 1.807) is 11.0 Å². The minimum Gasteiger partial charge on any atom is -0.343 e. The zero-order chi connectivity index (χ0) is 11.2. The molecule has 5 nitrogen and oxygen atoms in total. The summed E-state index contributed by atoms with van der Waals surface area (Å²) in [5.74, 6) is 0.248. The first-order chi connectivity index (χ1) is 7.86. The average Bonchev–Trinajstić information content (AvgIpc) is 2.66. The van der Waals surface area contributed by atoms with Crippen molar-refractivity contribution in [3.8, 4) is 0 Å². The molecule has 1 aliphatic rings. The zero-order valence-electron chi connectivity index (χ0n) is 9.51. The summed E-state index contributed by atoms with van der Waals surface area (Å²) in [4.78, 5) is 17.8. The van der Waals surface area contributed by atoms with E-state index in [0.29, 0.717) is 13.0 Å². The molecule has 16 heavy (non-hydrogen) atoms. The number of amides is 1. The van der Waals surface area contributed by atoms with E-state index in [2.05, 4.69) is 10.1 Å². The highest BCUT2D eigenvalue weighted by Gasteiger charge is 2.14. The molecule has 0 aliphatic carbocycles. The third-order valence-electron chi connectivity index (χ3n) is 2.98. The van der Waals surface area contributed by atoms with Crippen molar-refractivity contribution < 1.29 is 4.79 Å². The molecular weight excluding hydrogens is 204 g/mol. The van der Waals surface area contributed by atoms with Crippen LogP contribution in [0.1, 0.15) is 32.1 Å². The van der Waals surface area contributed by atoms with Gasteiger partial charge in [0, 0.05) is 19.5 Å². The maximum absolute atomic E-state index is 11.9. The Bertz CT molecular complexity index is 315. The zero-order valence-corrected chi connectivity index (χ0v) is 9.51. The molecule has 0 spiro atoms. The first-order valence-corrected chi connectivity index (χ1v) is 5.96. The van der Waals surface area contributed by atoms with Gasteiger partial charge in [0.1, 0.15) is 12.7 Å². The Morgan fingerprint density at radius 2 is 1.94 bits per heavy atom. The second-order valence-corrected chi connectivity index (χ2v) is 4.20. The Morgan fingerprint density at radius 3 is 2.56 bits per heavy atom. The predicted octanol–water partition coefficient (Wildman–Crippen LogP) is 1.07. The van der Waals surface area contributed by atoms with Gasteiger partial charge in [0.15, 0.2) is 0 Å². The number of rotatable bonds is 3. The number of likely N-dealkylation sites (tertiary alicyclic amines) is 1. The molecule has 0 radical (unpaired) electrons. The first kappa shape index (κ1) is 11.1. The van der Waals surface area contributed by atoms with Crippen molar-refractivity contribution in [3.05, 3.63) is 12.7 Å². The van der Waals surface area contributed by atoms with E-state index in [4.69, 9.17) is 0 Å². The van der Waals surface area contributed by atoms with Crippen molar-refractivity contribution in [1.29, 1.82) is 0 Å². The van der Waals surface area contributed by atoms with E-state index in [-0.39, 0.29) is 5.91 Å². The summed E-state index contributed by atoms with van der Waals surface area (Å²) in [6, 6.07) is 0. The molecule has 1 saturated heterocycles. The highest BCUT2D eigenvalue weighted by Crippen LogP contribution is 2.10. The summed E-state index contributed by atoms with van der Waals surface area (Å²) in [5.41, 5.74) is 0. The number of hydrogen-bond donors (Lipinski definition) is 0. The van der Waals surface area contributed by atoms with Gasteiger partial charge in [-0.05, 0) is 12.8 Å². The second kappa shape index (κ2) is 5.63. The highest BCUT2D eigenvalue weighted by atomic mass is 16.2. The Morgan fingerprint density at radius 1 is 1.19 bits per heavy atom. The summed E-state index contributed by atoms with van der Waals surface area (Å²) in [6.45, 7) is 2.49. The van der Waals surface area contributed by atoms with Crippen molar-refractivity contribution in [3.63, 3.8) is 0 Å². The van der Waals surface area contributed by atoms with Gasteiger partial charge >= 0.3 is 0 Å². The van der Waals surface area contributed by atoms with Crippen LogP contribution >= 0.6 is 0 Å². The van der Waals surface area contributed by atoms with Crippen LogP contribution in [0.25, 0.3) is 0 Å². The largest absolute Gasteiger partial charge is 0.343 e. The lowest BCUT2D eigenvalue weighted by atomic mass is 10.2. The molecule has 1 aliphatic heterocycles. The molecule has 2 heterocycles. The van der Waals surface area contributed by atoms with Crippen LogP contribution in [0.3, 0.4) is 0 Å². The minimum atomic E-state index is 0.248. The maximum Gasteiger partial charge on any atom is 0.224 e. The molecule has 0 aromatic carbocycles. The molecule has 0 saturated carbocycles. The Balaban J connectivity index is 1.78. The lowest BCUT2D eigenvalue weighted by Gasteiger charge is -2.20. The molecule has 1 aromatic rings. The van der Waals surface area contributed by atoms with Crippen LogP contribution < -0.4 is 0 Å². The monoisotopic (exact) mass is 222 g/mol. The summed E-state index contributed by atoms with van der Waals surface area (Å²) in [6.07, 6.45) is 8.49. The molecule has 1 aromatic heterocycles. The van der Waals surface area contributed by atoms with Crippen molar-refractivity contribution in [2.24, 2.45) is 0 Å². The molecule has 5 heteroatoms. The van der Waals surface area contributed by atoms with Crippen molar-refractivity contribution >= 4 is 5.91 Å². The molecule has 0 unspecified atom stereocenters. The Hall–Kier alpha value is -1.39. The molecule has 1 amide bonds. The van der Waals surface area contributed by atoms with E-state index in [1.165, 1.54) is 19.2 Å². The summed E-state index contributed by atoms with van der Waals surface area (Å²) in [7, 11) is 0. The van der Waals surface area contributed by atoms with E-state index >= 15 is 0 Å². The van der Waals surface area contributed by atoms with E-state index < -0.39 is 0 Å². The quantitative estimate of drug-likeness (QED) is 0.768. The fraction of sp³-hybridized carbons (Fsp3) is 0.727. The third-order valence-corrected chi connectivity index (χ3v) is 2.98. The van der Waals surface area contributed by atoms with Gasteiger partial charge < -0.3 is 4.90 Å². The smallest absolute Gasteiger partial charge is 0.224 e. The van der Waals surface area contributed by atoms with E-state index in [1.807, 2.05) is 4.90 Å². The van der Waals surface area contributed by atoms with Crippen LogP contribution in [0.2, 0.25) is 0 Å². The number of aromatic nitrogens is 3. The van der Waals surface area contributed by atoms with Crippen LogP contribution in [-0.4, -0.2) is 38.7 Å². The fourth-order valence-electron chi connectivity index (χ4n) is 2.04. The number of carbonyl (C=O) groups is 1. The normalized spacial score (nSPS) is 17.1. The third kappa shape index (κ3) is 3.05. The van der Waals surface area contributed by atoms with Gasteiger partial charge in [-0.2, -0.15) is 5.10 Å². The number of carbonyl (C=O) groups excluding carboxylic acids is 1. The molecule has 0 bridgehead atoms. The van der Waals surface area contributed by atoms with Gasteiger partial charge in [0.2, 0.25) is 5.91 Å². The van der Waals surface area contributed by atoms with E-state index in [9.17, 15) is 4.79 Å². The van der Waals surface area contributed by atoms with Gasteiger partial charge in [0.05, 0.1) is 6.54 Å². The lowest BCUT2D eigenvalue weighted by Crippen LogP contribution is -2.32.